The second-order valence-electron chi connectivity index (χ2n) is 12.2. The molecule has 0 aromatic heterocycles. The van der Waals surface area contributed by atoms with Gasteiger partial charge < -0.3 is 14.0 Å². The van der Waals surface area contributed by atoms with Crippen molar-refractivity contribution in [2.24, 2.45) is 0 Å². The van der Waals surface area contributed by atoms with Gasteiger partial charge in [0.25, 0.3) is 0 Å². The standard InChI is InChI=1S/C36H45BO3/c1-4-16-28(17-5-1)31-22-10-13-25-34(31)38-37(39-35-26-14-11-23-32(35)29-18-6-2-7-19-29)40-36-27-15-12-24-33(36)30-20-8-3-9-21-30/h1-9,16-21,31-36H,10-15,22-27H2. The van der Waals surface area contributed by atoms with E-state index in [4.69, 9.17) is 14.0 Å². The topological polar surface area (TPSA) is 27.7 Å². The summed E-state index contributed by atoms with van der Waals surface area (Å²) in [5.41, 5.74) is 4.14. The van der Waals surface area contributed by atoms with Crippen molar-refractivity contribution < 1.29 is 14.0 Å². The van der Waals surface area contributed by atoms with Gasteiger partial charge in [0.2, 0.25) is 0 Å². The van der Waals surface area contributed by atoms with Gasteiger partial charge >= 0.3 is 7.32 Å². The lowest BCUT2D eigenvalue weighted by molar-refractivity contribution is -0.0301. The quantitative estimate of drug-likeness (QED) is 0.255. The largest absolute Gasteiger partial charge is 0.640 e. The number of benzene rings is 3. The van der Waals surface area contributed by atoms with Crippen molar-refractivity contribution >= 4 is 7.32 Å². The minimum Gasteiger partial charge on any atom is -0.382 e. The highest BCUT2D eigenvalue weighted by Gasteiger charge is 2.41. The van der Waals surface area contributed by atoms with Gasteiger partial charge in [-0.25, -0.2) is 0 Å². The van der Waals surface area contributed by atoms with E-state index in [-0.39, 0.29) is 18.3 Å². The Hall–Kier alpha value is -2.40. The van der Waals surface area contributed by atoms with Crippen molar-refractivity contribution in [1.82, 2.24) is 0 Å². The Labute approximate surface area is 241 Å². The van der Waals surface area contributed by atoms with E-state index in [9.17, 15) is 0 Å². The van der Waals surface area contributed by atoms with E-state index in [1.54, 1.807) is 0 Å². The van der Waals surface area contributed by atoms with Gasteiger partial charge in [0.05, 0.1) is 18.3 Å². The van der Waals surface area contributed by atoms with Gasteiger partial charge in [-0.05, 0) is 55.2 Å². The van der Waals surface area contributed by atoms with E-state index in [2.05, 4.69) is 91.0 Å². The summed E-state index contributed by atoms with van der Waals surface area (Å²) in [5, 5.41) is 0. The summed E-state index contributed by atoms with van der Waals surface area (Å²) in [7, 11) is -0.641. The second kappa shape index (κ2) is 14.0. The lowest BCUT2D eigenvalue weighted by Gasteiger charge is -2.39. The Morgan fingerprint density at radius 3 is 0.950 bits per heavy atom. The summed E-state index contributed by atoms with van der Waals surface area (Å²) in [4.78, 5) is 0. The van der Waals surface area contributed by atoms with E-state index >= 15 is 0 Å². The van der Waals surface area contributed by atoms with Gasteiger partial charge in [0.1, 0.15) is 0 Å². The molecule has 3 aromatic rings. The summed E-state index contributed by atoms with van der Waals surface area (Å²) in [6, 6.07) is 32.9. The second-order valence-corrected chi connectivity index (χ2v) is 12.2. The molecule has 3 nitrogen and oxygen atoms in total. The maximum Gasteiger partial charge on any atom is 0.640 e. The highest BCUT2D eigenvalue weighted by atomic mass is 16.7. The molecular weight excluding hydrogens is 491 g/mol. The molecule has 40 heavy (non-hydrogen) atoms. The average molecular weight is 537 g/mol. The first-order valence-corrected chi connectivity index (χ1v) is 16.0. The first kappa shape index (κ1) is 27.8. The van der Waals surface area contributed by atoms with Crippen molar-refractivity contribution in [2.75, 3.05) is 0 Å². The van der Waals surface area contributed by atoms with Crippen LogP contribution in [0.3, 0.4) is 0 Å². The molecule has 0 amide bonds. The normalized spacial score (nSPS) is 29.1. The van der Waals surface area contributed by atoms with Crippen LogP contribution in [0.5, 0.6) is 0 Å². The first-order valence-electron chi connectivity index (χ1n) is 16.0. The molecule has 0 heterocycles. The minimum atomic E-state index is -0.641. The molecule has 3 aliphatic rings. The predicted molar refractivity (Wildman–Crippen MR) is 163 cm³/mol. The third kappa shape index (κ3) is 6.90. The molecule has 3 fully saturated rings. The molecule has 6 rings (SSSR count). The molecule has 0 aliphatic heterocycles. The Kier molecular flexibility index (Phi) is 9.70. The van der Waals surface area contributed by atoms with Crippen LogP contribution in [0.25, 0.3) is 0 Å². The minimum absolute atomic E-state index is 0.110. The maximum atomic E-state index is 6.99. The molecule has 0 bridgehead atoms. The summed E-state index contributed by atoms with van der Waals surface area (Å²) in [6.07, 6.45) is 14.3. The van der Waals surface area contributed by atoms with Gasteiger partial charge in [-0.3, -0.25) is 0 Å². The van der Waals surface area contributed by atoms with Gasteiger partial charge in [-0.15, -0.1) is 0 Å². The SMILES string of the molecule is c1ccc(C2CCCCC2OB(OC2CCCCC2c2ccccc2)OC2CCCCC2c2ccccc2)cc1. The van der Waals surface area contributed by atoms with E-state index in [0.717, 1.165) is 38.5 Å². The molecule has 0 spiro atoms. The summed E-state index contributed by atoms with van der Waals surface area (Å²) in [5.74, 6) is 1.16. The highest BCUT2D eigenvalue weighted by Crippen LogP contribution is 2.40. The van der Waals surface area contributed by atoms with Crippen LogP contribution in [0.1, 0.15) is 111 Å². The summed E-state index contributed by atoms with van der Waals surface area (Å²) >= 11 is 0. The average Bonchev–Trinajstić information content (AvgIpc) is 3.03. The van der Waals surface area contributed by atoms with Crippen LogP contribution in [-0.4, -0.2) is 25.6 Å². The molecule has 4 heteroatoms. The zero-order valence-corrected chi connectivity index (χ0v) is 23.9. The van der Waals surface area contributed by atoms with Crippen molar-refractivity contribution in [3.8, 4) is 0 Å². The van der Waals surface area contributed by atoms with Crippen molar-refractivity contribution in [3.05, 3.63) is 108 Å². The Bertz CT molecular complexity index is 994. The van der Waals surface area contributed by atoms with Crippen molar-refractivity contribution in [3.63, 3.8) is 0 Å². The maximum absolute atomic E-state index is 6.99. The number of hydrogen-bond donors (Lipinski definition) is 0. The zero-order valence-electron chi connectivity index (χ0n) is 23.9. The molecule has 0 saturated heterocycles. The number of hydrogen-bond acceptors (Lipinski definition) is 3. The fourth-order valence-corrected chi connectivity index (χ4v) is 7.55. The summed E-state index contributed by atoms with van der Waals surface area (Å²) in [6.45, 7) is 0. The van der Waals surface area contributed by atoms with Crippen molar-refractivity contribution in [2.45, 2.75) is 113 Å². The van der Waals surface area contributed by atoms with Crippen LogP contribution in [0.15, 0.2) is 91.0 Å². The lowest BCUT2D eigenvalue weighted by Crippen LogP contribution is -2.44. The van der Waals surface area contributed by atoms with Crippen LogP contribution < -0.4 is 0 Å². The molecule has 0 radical (unpaired) electrons. The van der Waals surface area contributed by atoms with E-state index in [1.165, 1.54) is 55.2 Å². The predicted octanol–water partition coefficient (Wildman–Crippen LogP) is 9.20. The van der Waals surface area contributed by atoms with E-state index < -0.39 is 7.32 Å². The lowest BCUT2D eigenvalue weighted by atomic mass is 9.79. The monoisotopic (exact) mass is 536 g/mol. The van der Waals surface area contributed by atoms with Crippen LogP contribution in [0.2, 0.25) is 0 Å². The molecular formula is C36H45BO3. The third-order valence-corrected chi connectivity index (χ3v) is 9.65. The fourth-order valence-electron chi connectivity index (χ4n) is 7.55. The van der Waals surface area contributed by atoms with E-state index in [1.807, 2.05) is 0 Å². The molecule has 210 valence electrons. The smallest absolute Gasteiger partial charge is 0.382 e. The van der Waals surface area contributed by atoms with Gasteiger partial charge in [0.15, 0.2) is 0 Å². The molecule has 3 aromatic carbocycles. The van der Waals surface area contributed by atoms with E-state index in [0.29, 0.717) is 17.8 Å². The van der Waals surface area contributed by atoms with Crippen LogP contribution in [0.4, 0.5) is 0 Å². The molecule has 0 N–H and O–H groups in total. The molecule has 3 aliphatic carbocycles. The molecule has 3 saturated carbocycles. The highest BCUT2D eigenvalue weighted by molar-refractivity contribution is 6.36. The van der Waals surface area contributed by atoms with Gasteiger partial charge in [-0.1, -0.05) is 130 Å². The number of rotatable bonds is 9. The summed E-state index contributed by atoms with van der Waals surface area (Å²) < 4.78 is 21.0. The Morgan fingerprint density at radius 1 is 0.375 bits per heavy atom. The molecule has 6 unspecified atom stereocenters. The third-order valence-electron chi connectivity index (χ3n) is 9.65. The van der Waals surface area contributed by atoms with Crippen LogP contribution in [0, 0.1) is 0 Å². The molecule has 6 atom stereocenters. The Morgan fingerprint density at radius 2 is 0.650 bits per heavy atom. The fraction of sp³-hybridized carbons (Fsp3) is 0.500. The zero-order chi connectivity index (χ0) is 27.0. The van der Waals surface area contributed by atoms with Gasteiger partial charge in [-0.2, -0.15) is 0 Å². The Balaban J connectivity index is 1.25. The van der Waals surface area contributed by atoms with Crippen molar-refractivity contribution in [1.29, 1.82) is 0 Å². The van der Waals surface area contributed by atoms with Crippen LogP contribution in [-0.2, 0) is 14.0 Å². The first-order chi connectivity index (χ1) is 19.8. The van der Waals surface area contributed by atoms with Gasteiger partial charge in [0, 0.05) is 17.8 Å². The van der Waals surface area contributed by atoms with Crippen LogP contribution >= 0.6 is 0 Å².